The standard InChI is InChI=1S/C23H25NO3/c1-5-17(6-2)24(4)23(26)19-14-10-13-18-20(25)15(3)21(27-22(18)19)16-11-8-7-9-12-16/h7-14,17H,5-6H2,1-4H3. The average molecular weight is 363 g/mol. The Morgan fingerprint density at radius 1 is 1.04 bits per heavy atom. The van der Waals surface area contributed by atoms with Crippen molar-refractivity contribution in [3.8, 4) is 11.3 Å². The molecule has 1 amide bonds. The van der Waals surface area contributed by atoms with Crippen LogP contribution >= 0.6 is 0 Å². The molecule has 3 rings (SSSR count). The van der Waals surface area contributed by atoms with Crippen molar-refractivity contribution in [3.63, 3.8) is 0 Å². The third-order valence-electron chi connectivity index (χ3n) is 5.22. The molecule has 0 atom stereocenters. The van der Waals surface area contributed by atoms with Crippen molar-refractivity contribution in [2.24, 2.45) is 0 Å². The number of amides is 1. The smallest absolute Gasteiger partial charge is 0.257 e. The number of rotatable bonds is 5. The number of hydrogen-bond donors (Lipinski definition) is 0. The molecule has 0 unspecified atom stereocenters. The summed E-state index contributed by atoms with van der Waals surface area (Å²) in [6.07, 6.45) is 1.75. The van der Waals surface area contributed by atoms with Crippen molar-refractivity contribution in [1.29, 1.82) is 0 Å². The molecular weight excluding hydrogens is 338 g/mol. The fourth-order valence-corrected chi connectivity index (χ4v) is 3.54. The fourth-order valence-electron chi connectivity index (χ4n) is 3.54. The van der Waals surface area contributed by atoms with E-state index in [1.165, 1.54) is 0 Å². The summed E-state index contributed by atoms with van der Waals surface area (Å²) in [4.78, 5) is 27.8. The molecule has 0 aliphatic rings. The molecular formula is C23H25NO3. The fraction of sp³-hybridized carbons (Fsp3) is 0.304. The minimum atomic E-state index is -0.125. The van der Waals surface area contributed by atoms with Crippen LogP contribution in [0.3, 0.4) is 0 Å². The quantitative estimate of drug-likeness (QED) is 0.639. The van der Waals surface area contributed by atoms with Gasteiger partial charge in [0.25, 0.3) is 5.91 Å². The summed E-state index contributed by atoms with van der Waals surface area (Å²) in [5, 5.41) is 0.441. The number of carbonyl (C=O) groups is 1. The maximum absolute atomic E-state index is 13.1. The Kier molecular flexibility index (Phi) is 5.45. The Balaban J connectivity index is 2.22. The van der Waals surface area contributed by atoms with Crippen molar-refractivity contribution in [2.45, 2.75) is 39.7 Å². The van der Waals surface area contributed by atoms with Crippen LogP contribution in [0.1, 0.15) is 42.6 Å². The number of para-hydroxylation sites is 1. The minimum Gasteiger partial charge on any atom is -0.455 e. The molecule has 1 aromatic heterocycles. The van der Waals surface area contributed by atoms with E-state index in [-0.39, 0.29) is 17.4 Å². The second kappa shape index (κ2) is 7.78. The van der Waals surface area contributed by atoms with Gasteiger partial charge in [0.15, 0.2) is 11.0 Å². The van der Waals surface area contributed by atoms with E-state index in [9.17, 15) is 9.59 Å². The van der Waals surface area contributed by atoms with Gasteiger partial charge in [-0.2, -0.15) is 0 Å². The lowest BCUT2D eigenvalue weighted by Crippen LogP contribution is -2.36. The molecule has 4 heteroatoms. The van der Waals surface area contributed by atoms with Crippen LogP contribution in [0, 0.1) is 6.92 Å². The number of carbonyl (C=O) groups excluding carboxylic acids is 1. The zero-order valence-electron chi connectivity index (χ0n) is 16.3. The molecule has 0 saturated heterocycles. The van der Waals surface area contributed by atoms with Gasteiger partial charge in [-0.1, -0.05) is 50.2 Å². The van der Waals surface area contributed by atoms with E-state index in [0.29, 0.717) is 27.9 Å². The van der Waals surface area contributed by atoms with E-state index in [0.717, 1.165) is 18.4 Å². The molecule has 0 radical (unpaired) electrons. The van der Waals surface area contributed by atoms with E-state index in [1.807, 2.05) is 37.4 Å². The lowest BCUT2D eigenvalue weighted by Gasteiger charge is -2.26. The van der Waals surface area contributed by atoms with Gasteiger partial charge in [-0.15, -0.1) is 0 Å². The number of nitrogens with zero attached hydrogens (tertiary/aromatic N) is 1. The Hall–Kier alpha value is -2.88. The van der Waals surface area contributed by atoms with Gasteiger partial charge < -0.3 is 9.32 Å². The van der Waals surface area contributed by atoms with Crippen LogP contribution in [0.15, 0.2) is 57.7 Å². The van der Waals surface area contributed by atoms with Gasteiger partial charge in [0.05, 0.1) is 10.9 Å². The third kappa shape index (κ3) is 3.39. The summed E-state index contributed by atoms with van der Waals surface area (Å²) in [7, 11) is 1.81. The second-order valence-corrected chi connectivity index (χ2v) is 6.82. The normalized spacial score (nSPS) is 11.1. The zero-order chi connectivity index (χ0) is 19.6. The third-order valence-corrected chi connectivity index (χ3v) is 5.22. The zero-order valence-corrected chi connectivity index (χ0v) is 16.3. The molecule has 0 N–H and O–H groups in total. The van der Waals surface area contributed by atoms with E-state index in [1.54, 1.807) is 30.0 Å². The predicted octanol–water partition coefficient (Wildman–Crippen LogP) is 5.03. The van der Waals surface area contributed by atoms with Crippen LogP contribution in [-0.4, -0.2) is 23.9 Å². The van der Waals surface area contributed by atoms with Crippen LogP contribution in [0.2, 0.25) is 0 Å². The SMILES string of the molecule is CCC(CC)N(C)C(=O)c1cccc2c(=O)c(C)c(-c3ccccc3)oc12. The minimum absolute atomic E-state index is 0.102. The molecule has 0 aliphatic carbocycles. The lowest BCUT2D eigenvalue weighted by atomic mass is 10.0. The van der Waals surface area contributed by atoms with Crippen molar-refractivity contribution < 1.29 is 9.21 Å². The molecule has 1 heterocycles. The van der Waals surface area contributed by atoms with Gasteiger partial charge in [-0.25, -0.2) is 0 Å². The largest absolute Gasteiger partial charge is 0.455 e. The molecule has 0 fully saturated rings. The highest BCUT2D eigenvalue weighted by atomic mass is 16.3. The first kappa shape index (κ1) is 18.9. The van der Waals surface area contributed by atoms with Crippen LogP contribution in [0.5, 0.6) is 0 Å². The molecule has 3 aromatic rings. The monoisotopic (exact) mass is 363 g/mol. The van der Waals surface area contributed by atoms with E-state index in [2.05, 4.69) is 13.8 Å². The highest BCUT2D eigenvalue weighted by molar-refractivity contribution is 6.05. The second-order valence-electron chi connectivity index (χ2n) is 6.82. The number of hydrogen-bond acceptors (Lipinski definition) is 3. The van der Waals surface area contributed by atoms with Crippen molar-refractivity contribution in [2.75, 3.05) is 7.05 Å². The lowest BCUT2D eigenvalue weighted by molar-refractivity contribution is 0.0724. The van der Waals surface area contributed by atoms with Crippen molar-refractivity contribution in [3.05, 3.63) is 69.9 Å². The summed E-state index contributed by atoms with van der Waals surface area (Å²) in [5.41, 5.74) is 2.05. The first-order valence-corrected chi connectivity index (χ1v) is 9.38. The Morgan fingerprint density at radius 3 is 2.33 bits per heavy atom. The highest BCUT2D eigenvalue weighted by Crippen LogP contribution is 2.28. The van der Waals surface area contributed by atoms with Gasteiger partial charge in [0.2, 0.25) is 0 Å². The molecule has 0 bridgehead atoms. The Morgan fingerprint density at radius 2 is 1.70 bits per heavy atom. The molecule has 0 spiro atoms. The van der Waals surface area contributed by atoms with Crippen LogP contribution in [0.4, 0.5) is 0 Å². The topological polar surface area (TPSA) is 50.5 Å². The summed E-state index contributed by atoms with van der Waals surface area (Å²) in [5.74, 6) is 0.388. The van der Waals surface area contributed by atoms with E-state index in [4.69, 9.17) is 4.42 Å². The van der Waals surface area contributed by atoms with E-state index < -0.39 is 0 Å². The van der Waals surface area contributed by atoms with Crippen molar-refractivity contribution >= 4 is 16.9 Å². The molecule has 0 aliphatic heterocycles. The average Bonchev–Trinajstić information content (AvgIpc) is 2.71. The molecule has 2 aromatic carbocycles. The Bertz CT molecular complexity index is 1020. The number of benzene rings is 2. The maximum Gasteiger partial charge on any atom is 0.257 e. The van der Waals surface area contributed by atoms with E-state index >= 15 is 0 Å². The van der Waals surface area contributed by atoms with Crippen LogP contribution in [-0.2, 0) is 0 Å². The van der Waals surface area contributed by atoms with Gasteiger partial charge >= 0.3 is 0 Å². The summed E-state index contributed by atoms with van der Waals surface area (Å²) in [6, 6.07) is 14.9. The summed E-state index contributed by atoms with van der Waals surface area (Å²) in [6.45, 7) is 5.90. The summed E-state index contributed by atoms with van der Waals surface area (Å²) < 4.78 is 6.16. The molecule has 0 saturated carbocycles. The summed E-state index contributed by atoms with van der Waals surface area (Å²) >= 11 is 0. The molecule has 27 heavy (non-hydrogen) atoms. The van der Waals surface area contributed by atoms with Gasteiger partial charge in [0.1, 0.15) is 5.76 Å². The van der Waals surface area contributed by atoms with Crippen LogP contribution < -0.4 is 5.43 Å². The molecule has 140 valence electrons. The van der Waals surface area contributed by atoms with Gasteiger partial charge in [0, 0.05) is 24.2 Å². The first-order chi connectivity index (χ1) is 13.0. The highest BCUT2D eigenvalue weighted by Gasteiger charge is 2.23. The maximum atomic E-state index is 13.1. The first-order valence-electron chi connectivity index (χ1n) is 9.38. The molecule has 4 nitrogen and oxygen atoms in total. The van der Waals surface area contributed by atoms with Gasteiger partial charge in [-0.05, 0) is 31.9 Å². The van der Waals surface area contributed by atoms with Crippen LogP contribution in [0.25, 0.3) is 22.3 Å². The predicted molar refractivity (Wildman–Crippen MR) is 109 cm³/mol. The number of fused-ring (bicyclic) bond motifs is 1. The Labute approximate surface area is 159 Å². The van der Waals surface area contributed by atoms with Crippen molar-refractivity contribution in [1.82, 2.24) is 4.90 Å². The van der Waals surface area contributed by atoms with Gasteiger partial charge in [-0.3, -0.25) is 9.59 Å².